The van der Waals surface area contributed by atoms with Crippen LogP contribution in [-0.4, -0.2) is 417 Å². The fourth-order valence-corrected chi connectivity index (χ4v) is 15.1. The molecule has 2 aliphatic heterocycles. The van der Waals surface area contributed by atoms with Crippen molar-refractivity contribution in [3.63, 3.8) is 0 Å². The lowest BCUT2D eigenvalue weighted by atomic mass is 10.1. The Kier molecular flexibility index (Phi) is 51.4. The third kappa shape index (κ3) is 47.8. The zero-order chi connectivity index (χ0) is 103. The number of nitrogens with zero attached hydrogens (tertiary/aromatic N) is 11. The molecule has 0 radical (unpaired) electrons. The van der Waals surface area contributed by atoms with E-state index in [0.29, 0.717) is 35.1 Å². The number of carbonyl (C=O) groups excluding carboxylic acids is 8. The van der Waals surface area contributed by atoms with Gasteiger partial charge in [-0.15, -0.1) is 0 Å². The number of rotatable bonds is 53. The highest BCUT2D eigenvalue weighted by Crippen LogP contribution is 2.20. The van der Waals surface area contributed by atoms with Crippen molar-refractivity contribution in [1.82, 2.24) is 85.9 Å². The molecule has 47 nitrogen and oxygen atoms in total. The topological polar surface area (TPSA) is 664 Å². The van der Waals surface area contributed by atoms with Gasteiger partial charge in [0.25, 0.3) is 11.8 Å². The number of amides is 8. The van der Waals surface area contributed by atoms with Crippen molar-refractivity contribution in [2.24, 2.45) is 0 Å². The maximum absolute atomic E-state index is 14.0. The first-order valence-corrected chi connectivity index (χ1v) is 45.5. The molecule has 1 unspecified atom stereocenters. The summed E-state index contributed by atoms with van der Waals surface area (Å²) >= 11 is 0. The van der Waals surface area contributed by atoms with Crippen LogP contribution in [0.15, 0.2) is 91.1 Å². The number of nitrogens with one attached hydrogen (secondary N) is 6. The van der Waals surface area contributed by atoms with Crippen LogP contribution in [0.1, 0.15) is 145 Å². The Labute approximate surface area is 803 Å². The summed E-state index contributed by atoms with van der Waals surface area (Å²) in [5.41, 5.74) is 5.41. The Bertz CT molecular complexity index is 4700. The molecule has 2 saturated heterocycles. The number of hydrogen-bond donors (Lipinski definition) is 17. The van der Waals surface area contributed by atoms with Crippen LogP contribution in [0.5, 0.6) is 0 Å². The molecule has 0 bridgehead atoms. The third-order valence-electron chi connectivity index (χ3n) is 22.9. The number of Topliss-reactive ketones (excluding diaryl/α,β-unsaturated/α-hetero) is 2. The van der Waals surface area contributed by atoms with Crippen molar-refractivity contribution >= 4 is 113 Å². The number of benzene rings is 3. The third-order valence-corrected chi connectivity index (χ3v) is 22.9. The molecule has 6 rings (SSSR count). The van der Waals surface area contributed by atoms with E-state index in [-0.39, 0.29) is 272 Å². The predicted molar refractivity (Wildman–Crippen MR) is 496 cm³/mol. The number of pyridine rings is 1. The Morgan fingerprint density at radius 3 is 0.942 bits per heavy atom. The van der Waals surface area contributed by atoms with Crippen LogP contribution in [0.2, 0.25) is 0 Å². The highest BCUT2D eigenvalue weighted by molar-refractivity contribution is 5.95. The van der Waals surface area contributed by atoms with Crippen molar-refractivity contribution in [3.05, 3.63) is 136 Å². The molecule has 0 spiro atoms. The molecule has 5 atom stereocenters. The second kappa shape index (κ2) is 61.6. The summed E-state index contributed by atoms with van der Waals surface area (Å²) in [7, 11) is 0. The quantitative estimate of drug-likeness (QED) is 0.0269. The molecule has 2 fully saturated rings. The van der Waals surface area contributed by atoms with Gasteiger partial charge in [-0.3, -0.25) is 116 Å². The average molecular weight is 1960 g/mol. The summed E-state index contributed by atoms with van der Waals surface area (Å²) in [6.45, 7) is 8.14. The summed E-state index contributed by atoms with van der Waals surface area (Å²) < 4.78 is 0. The molecule has 0 saturated carbocycles. The lowest BCUT2D eigenvalue weighted by Gasteiger charge is -2.35. The molecule has 764 valence electrons. The van der Waals surface area contributed by atoms with E-state index in [2.05, 4.69) is 36.9 Å². The summed E-state index contributed by atoms with van der Waals surface area (Å²) in [4.78, 5) is 252. The largest absolute Gasteiger partial charge is 0.481 e. The van der Waals surface area contributed by atoms with Crippen molar-refractivity contribution in [1.29, 1.82) is 0 Å². The van der Waals surface area contributed by atoms with E-state index < -0.39 is 125 Å². The number of aliphatic carboxylic acids is 11. The SMILES string of the molecule is CC(=O)[C@@H](CCC(=O)O)NC(=O)N[C@H](CCCCN(Cc1ccc(C)cc1)C(=O)c1ccc(CNC(=O)CCC(C(=O)O)N2CCN(CC(=O)O)CCN(CC(=O)O)CCN(CC(=O)O)CC2)cc1)C(=O)O.CC(=O)[C@@H](CCC(=O)O)NC(=O)N[C@H](CCCCN(Cc1ccc(C)nc1)C(=O)c1ccc(CNC(=O)CN2CCN(CC(=O)O)CCN(CC(=O)O)CCN(CC(=O)O)CC2)cc1)C(=O)O. The first-order valence-electron chi connectivity index (χ1n) is 45.5. The number of ketones is 2. The van der Waals surface area contributed by atoms with E-state index in [0.717, 1.165) is 22.4 Å². The number of hydrogen-bond acceptors (Lipinski definition) is 28. The van der Waals surface area contributed by atoms with Crippen molar-refractivity contribution in [3.8, 4) is 0 Å². The number of carboxylic acid groups (broad SMARTS) is 11. The first kappa shape index (κ1) is 116. The van der Waals surface area contributed by atoms with Crippen LogP contribution in [0.3, 0.4) is 0 Å². The normalized spacial score (nSPS) is 15.5. The molecule has 47 heteroatoms. The molecule has 3 heterocycles. The fourth-order valence-electron chi connectivity index (χ4n) is 15.1. The van der Waals surface area contributed by atoms with Crippen molar-refractivity contribution in [2.75, 3.05) is 164 Å². The van der Waals surface area contributed by atoms with E-state index in [1.807, 2.05) is 55.1 Å². The van der Waals surface area contributed by atoms with Gasteiger partial charge >= 0.3 is 77.7 Å². The molecule has 139 heavy (non-hydrogen) atoms. The molecule has 2 aliphatic rings. The first-order chi connectivity index (χ1) is 65.9. The monoisotopic (exact) mass is 1950 g/mol. The smallest absolute Gasteiger partial charge is 0.326 e. The molecule has 3 aromatic carbocycles. The molecule has 4 aromatic rings. The Morgan fingerprint density at radius 2 is 0.633 bits per heavy atom. The zero-order valence-corrected chi connectivity index (χ0v) is 78.6. The van der Waals surface area contributed by atoms with E-state index >= 15 is 0 Å². The maximum atomic E-state index is 14.0. The second-order valence-corrected chi connectivity index (χ2v) is 34.1. The van der Waals surface area contributed by atoms with Gasteiger partial charge in [0, 0.05) is 186 Å². The summed E-state index contributed by atoms with van der Waals surface area (Å²) in [6.07, 6.45) is 1.51. The molecular weight excluding hydrogens is 1820 g/mol. The van der Waals surface area contributed by atoms with E-state index in [4.69, 9.17) is 10.2 Å². The number of aryl methyl sites for hydroxylation is 2. The summed E-state index contributed by atoms with van der Waals surface area (Å²) in [5, 5.41) is 120. The van der Waals surface area contributed by atoms with Crippen LogP contribution in [0, 0.1) is 13.8 Å². The van der Waals surface area contributed by atoms with Crippen LogP contribution in [0.25, 0.3) is 0 Å². The van der Waals surface area contributed by atoms with Crippen LogP contribution < -0.4 is 31.9 Å². The Hall–Kier alpha value is -13.6. The molecule has 1 aromatic heterocycles. The van der Waals surface area contributed by atoms with Gasteiger partial charge in [0.15, 0.2) is 11.6 Å². The lowest BCUT2D eigenvalue weighted by Crippen LogP contribution is -2.52. The van der Waals surface area contributed by atoms with E-state index in [1.54, 1.807) is 98.8 Å². The summed E-state index contributed by atoms with van der Waals surface area (Å²) in [5.74, 6) is -15.1. The minimum Gasteiger partial charge on any atom is -0.481 e. The number of aromatic nitrogens is 1. The van der Waals surface area contributed by atoms with Gasteiger partial charge in [-0.1, -0.05) is 60.2 Å². The van der Waals surface area contributed by atoms with E-state index in [9.17, 15) is 137 Å². The standard InChI is InChI=1S/C48H68N8O16.C44H63N9O14/c1-32-6-8-35(9-7-32)28-56(18-4-3-5-38(46(68)69)51-48(72)50-37(33(2)57)14-17-41(59)60)45(67)36-12-10-34(11-13-36)27-49-40(58)16-15-39(47(70)71)55-25-23-53(30-43(63)64)21-19-52(29-42(61)62)20-22-54(24-26-55)31-44(65)66;1-30-6-7-33(24-45-30)25-53(14-4-3-5-36(43(65)66)48-44(67)47-35(31(2)54)12-13-38(56)57)42(64)34-10-8-32(9-11-34)23-46-37(55)26-49-15-17-50(27-39(58)59)19-21-52(29-41(62)63)22-20-51(18-16-49)28-40(60)61/h6-13,37-39H,3-5,14-31H2,1-2H3,(H,49,58)(H,59,60)(H,61,62)(H,63,64)(H,65,66)(H,68,69)(H,70,71)(H2,50,51,72);6-11,24,35-36H,3-5,12-23,25-29H2,1-2H3,(H,46,55)(H,56,57)(H,58,59)(H,60,61)(H,62,63)(H,65,66)(H2,47,48,67)/t37-,38-,39?;35-,36-/m11/s1. The average Bonchev–Trinajstić information content (AvgIpc) is 0.844. The fraction of sp³-hybridized carbons (Fsp3) is 0.543. The molecular formula is C92H131N17O30. The van der Waals surface area contributed by atoms with Crippen LogP contribution in [-0.2, 0) is 98.1 Å². The Morgan fingerprint density at radius 1 is 0.324 bits per heavy atom. The second-order valence-electron chi connectivity index (χ2n) is 34.1. The van der Waals surface area contributed by atoms with E-state index in [1.165, 1.54) is 13.8 Å². The van der Waals surface area contributed by atoms with Gasteiger partial charge in [-0.2, -0.15) is 0 Å². The highest BCUT2D eigenvalue weighted by Gasteiger charge is 2.33. The highest BCUT2D eigenvalue weighted by atomic mass is 16.4. The Balaban J connectivity index is 0.000000492. The minimum absolute atomic E-state index is 0.00368. The van der Waals surface area contributed by atoms with Crippen molar-refractivity contribution < 1.29 is 147 Å². The van der Waals surface area contributed by atoms with Gasteiger partial charge in [-0.25, -0.2) is 19.2 Å². The summed E-state index contributed by atoms with van der Waals surface area (Å²) in [6, 6.07) is 16.5. The van der Waals surface area contributed by atoms with Crippen LogP contribution in [0.4, 0.5) is 9.59 Å². The van der Waals surface area contributed by atoms with Gasteiger partial charge in [0.05, 0.1) is 57.9 Å². The predicted octanol–water partition coefficient (Wildman–Crippen LogP) is 0.577. The van der Waals surface area contributed by atoms with Crippen molar-refractivity contribution in [2.45, 2.75) is 161 Å². The molecule has 8 amide bonds. The van der Waals surface area contributed by atoms with Crippen LogP contribution >= 0.6 is 0 Å². The van der Waals surface area contributed by atoms with Gasteiger partial charge < -0.3 is 97.9 Å². The van der Waals surface area contributed by atoms with Gasteiger partial charge in [0.2, 0.25) is 11.8 Å². The number of carboxylic acids is 11. The lowest BCUT2D eigenvalue weighted by molar-refractivity contribution is -0.145. The minimum atomic E-state index is -1.34. The maximum Gasteiger partial charge on any atom is 0.326 e. The zero-order valence-electron chi connectivity index (χ0n) is 78.6. The molecule has 17 N–H and O–H groups in total. The number of unbranched alkanes of at least 4 members (excludes halogenated alkanes) is 2. The number of urea groups is 2. The van der Waals surface area contributed by atoms with Gasteiger partial charge in [0.1, 0.15) is 18.1 Å². The number of carbonyl (C=O) groups is 19. The molecule has 0 aliphatic carbocycles. The van der Waals surface area contributed by atoms with Gasteiger partial charge in [-0.05, 0) is 138 Å².